The van der Waals surface area contributed by atoms with Crippen molar-refractivity contribution in [3.8, 4) is 11.5 Å². The van der Waals surface area contributed by atoms with Crippen molar-refractivity contribution in [1.29, 1.82) is 0 Å². The van der Waals surface area contributed by atoms with Gasteiger partial charge in [-0.15, -0.1) is 0 Å². The van der Waals surface area contributed by atoms with Gasteiger partial charge in [0.25, 0.3) is 0 Å². The van der Waals surface area contributed by atoms with Gasteiger partial charge in [0, 0.05) is 0 Å². The van der Waals surface area contributed by atoms with E-state index in [-0.39, 0.29) is 6.79 Å². The third-order valence-corrected chi connectivity index (χ3v) is 1.74. The van der Waals surface area contributed by atoms with E-state index in [4.69, 9.17) is 9.47 Å². The first kappa shape index (κ1) is 8.55. The molecule has 0 bridgehead atoms. The number of hydrogen-bond acceptors (Lipinski definition) is 4. The van der Waals surface area contributed by atoms with E-state index in [0.717, 1.165) is 11.3 Å². The summed E-state index contributed by atoms with van der Waals surface area (Å²) < 4.78 is 10.3. The largest absolute Gasteiger partial charge is 0.454 e. The van der Waals surface area contributed by atoms with Gasteiger partial charge in [-0.1, -0.05) is 0 Å². The van der Waals surface area contributed by atoms with E-state index < -0.39 is 0 Å². The Balaban J connectivity index is 2.16. The van der Waals surface area contributed by atoms with Crippen molar-refractivity contribution in [1.82, 2.24) is 5.43 Å². The predicted octanol–water partition coefficient (Wildman–Crippen LogP) is 0.495. The van der Waals surface area contributed by atoms with Crippen molar-refractivity contribution >= 4 is 12.6 Å². The first-order chi connectivity index (χ1) is 6.90. The fourth-order valence-corrected chi connectivity index (χ4v) is 1.14. The number of fused-ring (bicyclic) bond motifs is 1. The Morgan fingerprint density at radius 1 is 1.36 bits per heavy atom. The number of nitrogens with one attached hydrogen (secondary N) is 1. The summed E-state index contributed by atoms with van der Waals surface area (Å²) in [5.41, 5.74) is 3.02. The predicted molar refractivity (Wildman–Crippen MR) is 49.4 cm³/mol. The van der Waals surface area contributed by atoms with E-state index in [2.05, 4.69) is 10.5 Å². The lowest BCUT2D eigenvalue weighted by atomic mass is 10.2. The zero-order chi connectivity index (χ0) is 9.80. The van der Waals surface area contributed by atoms with Crippen LogP contribution in [-0.4, -0.2) is 19.4 Å². The van der Waals surface area contributed by atoms with Gasteiger partial charge in [-0.3, -0.25) is 4.79 Å². The number of rotatable bonds is 3. The van der Waals surface area contributed by atoms with Crippen LogP contribution in [0.3, 0.4) is 0 Å². The fraction of sp³-hybridized carbons (Fsp3) is 0.111. The molecule has 1 N–H and O–H groups in total. The molecule has 1 aliphatic rings. The third-order valence-electron chi connectivity index (χ3n) is 1.74. The summed E-state index contributed by atoms with van der Waals surface area (Å²) in [4.78, 5) is 9.91. The molecule has 0 spiro atoms. The van der Waals surface area contributed by atoms with Crippen molar-refractivity contribution in [2.24, 2.45) is 5.10 Å². The molecule has 0 aromatic heterocycles. The van der Waals surface area contributed by atoms with Crippen molar-refractivity contribution < 1.29 is 14.3 Å². The van der Waals surface area contributed by atoms with E-state index in [1.165, 1.54) is 6.21 Å². The van der Waals surface area contributed by atoms with Crippen LogP contribution >= 0.6 is 0 Å². The van der Waals surface area contributed by atoms with Crippen LogP contribution in [0.4, 0.5) is 0 Å². The molecule has 5 nitrogen and oxygen atoms in total. The Morgan fingerprint density at radius 3 is 3.07 bits per heavy atom. The maximum Gasteiger partial charge on any atom is 0.231 e. The number of benzene rings is 1. The van der Waals surface area contributed by atoms with E-state index in [1.807, 2.05) is 6.07 Å². The number of carbonyl (C=O) groups excluding carboxylic acids is 1. The summed E-state index contributed by atoms with van der Waals surface area (Å²) in [5, 5.41) is 3.65. The van der Waals surface area contributed by atoms with Crippen molar-refractivity contribution in [2.45, 2.75) is 0 Å². The van der Waals surface area contributed by atoms with Crippen LogP contribution in [0.2, 0.25) is 0 Å². The van der Waals surface area contributed by atoms with E-state index >= 15 is 0 Å². The zero-order valence-corrected chi connectivity index (χ0v) is 7.27. The summed E-state index contributed by atoms with van der Waals surface area (Å²) in [6.07, 6.45) is 2.03. The van der Waals surface area contributed by atoms with Crippen molar-refractivity contribution in [3.05, 3.63) is 23.8 Å². The zero-order valence-electron chi connectivity index (χ0n) is 7.27. The first-order valence-electron chi connectivity index (χ1n) is 4.02. The summed E-state index contributed by atoms with van der Waals surface area (Å²) in [5.74, 6) is 1.42. The molecule has 2 rings (SSSR count). The monoisotopic (exact) mass is 192 g/mol. The molecule has 1 aromatic carbocycles. The van der Waals surface area contributed by atoms with E-state index in [1.54, 1.807) is 12.1 Å². The van der Waals surface area contributed by atoms with E-state index in [9.17, 15) is 4.79 Å². The van der Waals surface area contributed by atoms with Crippen LogP contribution in [0, 0.1) is 0 Å². The normalized spacial score (nSPS) is 13.1. The molecular formula is C9H8N2O3. The number of carbonyl (C=O) groups is 1. The maximum absolute atomic E-state index is 9.91. The molecule has 1 amide bonds. The molecule has 1 aromatic rings. The Morgan fingerprint density at radius 2 is 2.21 bits per heavy atom. The number of amides is 1. The van der Waals surface area contributed by atoms with Crippen LogP contribution < -0.4 is 14.9 Å². The number of ether oxygens (including phenoxy) is 2. The average Bonchev–Trinajstić information content (AvgIpc) is 2.65. The molecule has 5 heteroatoms. The highest BCUT2D eigenvalue weighted by Crippen LogP contribution is 2.31. The molecule has 0 saturated carbocycles. The standard InChI is InChI=1S/C9H8N2O3/c12-5-11-10-4-7-1-2-8-9(3-7)14-6-13-8/h1-5H,6H2,(H,11,12)/b10-4+. The van der Waals surface area contributed by atoms with E-state index in [0.29, 0.717) is 12.2 Å². The first-order valence-corrected chi connectivity index (χ1v) is 4.02. The Bertz CT molecular complexity index is 376. The van der Waals surface area contributed by atoms with Gasteiger partial charge in [0.2, 0.25) is 13.2 Å². The molecule has 0 atom stereocenters. The molecule has 0 fully saturated rings. The SMILES string of the molecule is O=CN/N=C/c1ccc2c(c1)OCO2. The van der Waals surface area contributed by atoms with Crippen LogP contribution in [0.25, 0.3) is 0 Å². The van der Waals surface area contributed by atoms with Crippen LogP contribution in [-0.2, 0) is 4.79 Å². The minimum Gasteiger partial charge on any atom is -0.454 e. The quantitative estimate of drug-likeness (QED) is 0.431. The molecule has 14 heavy (non-hydrogen) atoms. The summed E-state index contributed by atoms with van der Waals surface area (Å²) in [7, 11) is 0. The maximum atomic E-state index is 9.91. The molecule has 1 heterocycles. The average molecular weight is 192 g/mol. The van der Waals surface area contributed by atoms with Gasteiger partial charge >= 0.3 is 0 Å². The summed E-state index contributed by atoms with van der Waals surface area (Å²) >= 11 is 0. The van der Waals surface area contributed by atoms with Crippen LogP contribution in [0.15, 0.2) is 23.3 Å². The smallest absolute Gasteiger partial charge is 0.231 e. The van der Waals surface area contributed by atoms with Gasteiger partial charge < -0.3 is 9.47 Å². The number of hydrogen-bond donors (Lipinski definition) is 1. The highest BCUT2D eigenvalue weighted by molar-refractivity contribution is 5.81. The van der Waals surface area contributed by atoms with Gasteiger partial charge in [0.15, 0.2) is 11.5 Å². The Labute approximate surface area is 80.3 Å². The number of nitrogens with zero attached hydrogens (tertiary/aromatic N) is 1. The highest BCUT2D eigenvalue weighted by atomic mass is 16.7. The van der Waals surface area contributed by atoms with Crippen LogP contribution in [0.5, 0.6) is 11.5 Å². The molecule has 0 aliphatic carbocycles. The minimum atomic E-state index is 0.252. The third kappa shape index (κ3) is 1.66. The topological polar surface area (TPSA) is 59.9 Å². The second kappa shape index (κ2) is 3.78. The lowest BCUT2D eigenvalue weighted by Crippen LogP contribution is -2.00. The van der Waals surface area contributed by atoms with Gasteiger partial charge in [0.1, 0.15) is 0 Å². The molecule has 0 radical (unpaired) electrons. The lowest BCUT2D eigenvalue weighted by Gasteiger charge is -1.96. The highest BCUT2D eigenvalue weighted by Gasteiger charge is 2.12. The summed E-state index contributed by atoms with van der Waals surface area (Å²) in [6.45, 7) is 0.252. The summed E-state index contributed by atoms with van der Waals surface area (Å²) in [6, 6.07) is 5.41. The molecular weight excluding hydrogens is 184 g/mol. The number of hydrazone groups is 1. The van der Waals surface area contributed by atoms with Gasteiger partial charge in [0.05, 0.1) is 6.21 Å². The molecule has 0 unspecified atom stereocenters. The van der Waals surface area contributed by atoms with Crippen molar-refractivity contribution in [3.63, 3.8) is 0 Å². The van der Waals surface area contributed by atoms with Crippen LogP contribution in [0.1, 0.15) is 5.56 Å². The molecule has 0 saturated heterocycles. The molecule has 72 valence electrons. The van der Waals surface area contributed by atoms with Gasteiger partial charge in [-0.2, -0.15) is 5.10 Å². The second-order valence-electron chi connectivity index (χ2n) is 2.62. The lowest BCUT2D eigenvalue weighted by molar-refractivity contribution is -0.109. The second-order valence-corrected chi connectivity index (χ2v) is 2.62. The molecule has 1 aliphatic heterocycles. The minimum absolute atomic E-state index is 0.252. The fourth-order valence-electron chi connectivity index (χ4n) is 1.14. The van der Waals surface area contributed by atoms with Gasteiger partial charge in [-0.25, -0.2) is 5.43 Å². The van der Waals surface area contributed by atoms with Gasteiger partial charge in [-0.05, 0) is 23.8 Å². The Hall–Kier alpha value is -2.04. The Kier molecular flexibility index (Phi) is 2.31. The van der Waals surface area contributed by atoms with Crippen molar-refractivity contribution in [2.75, 3.05) is 6.79 Å².